The van der Waals surface area contributed by atoms with Gasteiger partial charge in [0.2, 0.25) is 0 Å². The summed E-state index contributed by atoms with van der Waals surface area (Å²) in [6.07, 6.45) is 3.76. The van der Waals surface area contributed by atoms with Crippen molar-refractivity contribution in [3.63, 3.8) is 0 Å². The van der Waals surface area contributed by atoms with Gasteiger partial charge in [-0.1, -0.05) is 78.5 Å². The van der Waals surface area contributed by atoms with Gasteiger partial charge in [0.05, 0.1) is 34.6 Å². The molecule has 34 heavy (non-hydrogen) atoms. The molecule has 4 aromatic carbocycles. The maximum Gasteiger partial charge on any atom is 0.0887 e. The zero-order chi connectivity index (χ0) is 22.5. The highest BCUT2D eigenvalue weighted by Crippen LogP contribution is 2.55. The lowest BCUT2D eigenvalue weighted by molar-refractivity contribution is 1.16. The van der Waals surface area contributed by atoms with E-state index in [0.29, 0.717) is 0 Å². The maximum atomic E-state index is 4.80. The number of nitrogens with zero attached hydrogens (tertiary/aromatic N) is 3. The van der Waals surface area contributed by atoms with Crippen molar-refractivity contribution in [1.29, 1.82) is 0 Å². The van der Waals surface area contributed by atoms with Crippen molar-refractivity contribution in [3.8, 4) is 11.4 Å². The van der Waals surface area contributed by atoms with Crippen molar-refractivity contribution >= 4 is 50.4 Å². The molecular formula is C30H19N3S. The SMILES string of the molecule is c1ccc(-c2ccc(N3c4ccc5ccccc5c4Sc4ccc5ccccc5c43)cn2)nc1. The zero-order valence-corrected chi connectivity index (χ0v) is 19.0. The molecule has 1 aliphatic rings. The van der Waals surface area contributed by atoms with Gasteiger partial charge in [0, 0.05) is 21.4 Å². The van der Waals surface area contributed by atoms with E-state index in [1.54, 1.807) is 6.20 Å². The summed E-state index contributed by atoms with van der Waals surface area (Å²) < 4.78 is 0. The van der Waals surface area contributed by atoms with Gasteiger partial charge in [0.25, 0.3) is 0 Å². The van der Waals surface area contributed by atoms with Crippen LogP contribution in [-0.4, -0.2) is 9.97 Å². The minimum Gasteiger partial charge on any atom is -0.306 e. The second-order valence-corrected chi connectivity index (χ2v) is 9.37. The first kappa shape index (κ1) is 19.3. The number of rotatable bonds is 2. The van der Waals surface area contributed by atoms with Gasteiger partial charge < -0.3 is 4.90 Å². The molecule has 7 rings (SSSR count). The fourth-order valence-electron chi connectivity index (χ4n) is 4.75. The summed E-state index contributed by atoms with van der Waals surface area (Å²) in [6.45, 7) is 0. The summed E-state index contributed by atoms with van der Waals surface area (Å²) in [5, 5.41) is 4.99. The molecule has 0 bridgehead atoms. The summed E-state index contributed by atoms with van der Waals surface area (Å²) >= 11 is 1.85. The lowest BCUT2D eigenvalue weighted by atomic mass is 10.0. The number of benzene rings is 4. The highest BCUT2D eigenvalue weighted by Gasteiger charge is 2.28. The topological polar surface area (TPSA) is 29.0 Å². The van der Waals surface area contributed by atoms with Crippen LogP contribution >= 0.6 is 11.8 Å². The predicted molar refractivity (Wildman–Crippen MR) is 141 cm³/mol. The van der Waals surface area contributed by atoms with Gasteiger partial charge in [-0.15, -0.1) is 0 Å². The Hall–Kier alpha value is -4.15. The van der Waals surface area contributed by atoms with E-state index in [1.807, 2.05) is 36.2 Å². The standard InChI is InChI=1S/C30H19N3S/c1-3-9-23-20(7-1)13-17-28-29(23)33(22-14-15-26(32-19-22)25-11-5-6-18-31-25)27-16-12-21-8-2-4-10-24(21)30(27)34-28/h1-19H. The third-order valence-electron chi connectivity index (χ3n) is 6.33. The summed E-state index contributed by atoms with van der Waals surface area (Å²) in [4.78, 5) is 14.1. The molecule has 2 aromatic heterocycles. The highest BCUT2D eigenvalue weighted by molar-refractivity contribution is 8.00. The Morgan fingerprint density at radius 1 is 0.588 bits per heavy atom. The molecular weight excluding hydrogens is 434 g/mol. The van der Waals surface area contributed by atoms with Crippen LogP contribution in [0.4, 0.5) is 17.1 Å². The van der Waals surface area contributed by atoms with Crippen LogP contribution in [0.25, 0.3) is 32.9 Å². The fraction of sp³-hybridized carbons (Fsp3) is 0. The van der Waals surface area contributed by atoms with Crippen molar-refractivity contribution < 1.29 is 0 Å². The van der Waals surface area contributed by atoms with Crippen LogP contribution in [-0.2, 0) is 0 Å². The van der Waals surface area contributed by atoms with Crippen LogP contribution in [0.3, 0.4) is 0 Å². The van der Waals surface area contributed by atoms with E-state index in [-0.39, 0.29) is 0 Å². The van der Waals surface area contributed by atoms with E-state index < -0.39 is 0 Å². The number of pyridine rings is 2. The monoisotopic (exact) mass is 453 g/mol. The molecule has 0 N–H and O–H groups in total. The van der Waals surface area contributed by atoms with Crippen molar-refractivity contribution in [3.05, 3.63) is 116 Å². The first-order valence-corrected chi connectivity index (χ1v) is 12.1. The van der Waals surface area contributed by atoms with E-state index in [4.69, 9.17) is 4.98 Å². The van der Waals surface area contributed by atoms with Crippen molar-refractivity contribution in [1.82, 2.24) is 9.97 Å². The Morgan fingerprint density at radius 3 is 2.12 bits per heavy atom. The molecule has 0 saturated heterocycles. The molecule has 4 heteroatoms. The molecule has 6 aromatic rings. The third kappa shape index (κ3) is 3.00. The number of fused-ring (bicyclic) bond motifs is 6. The van der Waals surface area contributed by atoms with Crippen molar-refractivity contribution in [2.45, 2.75) is 9.79 Å². The van der Waals surface area contributed by atoms with Gasteiger partial charge in [0.15, 0.2) is 0 Å². The molecule has 1 aliphatic heterocycles. The first-order chi connectivity index (χ1) is 16.9. The van der Waals surface area contributed by atoms with Gasteiger partial charge >= 0.3 is 0 Å². The van der Waals surface area contributed by atoms with Crippen LogP contribution in [0.15, 0.2) is 125 Å². The molecule has 0 amide bonds. The second-order valence-electron chi connectivity index (χ2n) is 8.32. The minimum absolute atomic E-state index is 0.868. The first-order valence-electron chi connectivity index (χ1n) is 11.3. The highest BCUT2D eigenvalue weighted by atomic mass is 32.2. The van der Waals surface area contributed by atoms with E-state index in [1.165, 1.54) is 42.7 Å². The van der Waals surface area contributed by atoms with E-state index in [0.717, 1.165) is 17.1 Å². The Morgan fingerprint density at radius 2 is 1.32 bits per heavy atom. The Kier molecular flexibility index (Phi) is 4.39. The second kappa shape index (κ2) is 7.72. The van der Waals surface area contributed by atoms with Crippen LogP contribution in [0, 0.1) is 0 Å². The third-order valence-corrected chi connectivity index (χ3v) is 7.51. The summed E-state index contributed by atoms with van der Waals surface area (Å²) in [5.41, 5.74) is 5.17. The zero-order valence-electron chi connectivity index (χ0n) is 18.2. The quantitative estimate of drug-likeness (QED) is 0.263. The van der Waals surface area contributed by atoms with E-state index in [2.05, 4.69) is 94.8 Å². The lowest BCUT2D eigenvalue weighted by Crippen LogP contribution is -2.16. The summed E-state index contributed by atoms with van der Waals surface area (Å²) in [6, 6.07) is 36.2. The minimum atomic E-state index is 0.868. The van der Waals surface area contributed by atoms with Crippen LogP contribution in [0.5, 0.6) is 0 Å². The number of hydrogen-bond acceptors (Lipinski definition) is 4. The van der Waals surface area contributed by atoms with Crippen LogP contribution < -0.4 is 4.90 Å². The molecule has 0 saturated carbocycles. The number of hydrogen-bond donors (Lipinski definition) is 0. The van der Waals surface area contributed by atoms with Crippen molar-refractivity contribution in [2.75, 3.05) is 4.90 Å². The Labute approximate surface area is 201 Å². The van der Waals surface area contributed by atoms with Crippen LogP contribution in [0.2, 0.25) is 0 Å². The maximum absolute atomic E-state index is 4.80. The Bertz CT molecular complexity index is 1680. The number of aromatic nitrogens is 2. The molecule has 160 valence electrons. The summed E-state index contributed by atoms with van der Waals surface area (Å²) in [7, 11) is 0. The smallest absolute Gasteiger partial charge is 0.0887 e. The average molecular weight is 454 g/mol. The molecule has 0 radical (unpaired) electrons. The molecule has 3 heterocycles. The Balaban J connectivity index is 1.48. The molecule has 0 spiro atoms. The van der Waals surface area contributed by atoms with Gasteiger partial charge in [-0.25, -0.2) is 0 Å². The largest absolute Gasteiger partial charge is 0.306 e. The van der Waals surface area contributed by atoms with Gasteiger partial charge in [-0.2, -0.15) is 0 Å². The average Bonchev–Trinajstić information content (AvgIpc) is 2.92. The molecule has 0 unspecified atom stereocenters. The molecule has 0 fully saturated rings. The fourth-order valence-corrected chi connectivity index (χ4v) is 5.96. The van der Waals surface area contributed by atoms with Gasteiger partial charge in [-0.05, 0) is 52.6 Å². The number of anilines is 3. The van der Waals surface area contributed by atoms with Gasteiger partial charge in [-0.3, -0.25) is 9.97 Å². The predicted octanol–water partition coefficient (Wildman–Crippen LogP) is 8.38. The molecule has 3 nitrogen and oxygen atoms in total. The van der Waals surface area contributed by atoms with Crippen LogP contribution in [0.1, 0.15) is 0 Å². The van der Waals surface area contributed by atoms with Gasteiger partial charge in [0.1, 0.15) is 0 Å². The summed E-state index contributed by atoms with van der Waals surface area (Å²) in [5.74, 6) is 0. The molecule has 0 aliphatic carbocycles. The normalized spacial score (nSPS) is 12.5. The van der Waals surface area contributed by atoms with Crippen molar-refractivity contribution in [2.24, 2.45) is 0 Å². The molecule has 0 atom stereocenters. The van der Waals surface area contributed by atoms with E-state index >= 15 is 0 Å². The van der Waals surface area contributed by atoms with E-state index in [9.17, 15) is 0 Å². The lowest BCUT2D eigenvalue weighted by Gasteiger charge is -2.34.